The fourth-order valence-corrected chi connectivity index (χ4v) is 2.41. The van der Waals surface area contributed by atoms with Crippen molar-refractivity contribution in [2.24, 2.45) is 5.92 Å². The molecule has 0 aliphatic heterocycles. The number of thioether (sulfide) groups is 1. The van der Waals surface area contributed by atoms with Gasteiger partial charge >= 0.3 is 6.18 Å². The Kier molecular flexibility index (Phi) is 6.13. The van der Waals surface area contributed by atoms with E-state index >= 15 is 0 Å². The van der Waals surface area contributed by atoms with E-state index in [9.17, 15) is 17.6 Å². The van der Waals surface area contributed by atoms with Crippen LogP contribution in [0.4, 0.5) is 17.6 Å². The Morgan fingerprint density at radius 3 is 2.53 bits per heavy atom. The summed E-state index contributed by atoms with van der Waals surface area (Å²) in [5, 5.41) is 3.04. The minimum absolute atomic E-state index is 0.236. The zero-order valence-corrected chi connectivity index (χ0v) is 11.7. The van der Waals surface area contributed by atoms with Gasteiger partial charge in [0.15, 0.2) is 0 Å². The van der Waals surface area contributed by atoms with Gasteiger partial charge in [0.05, 0.1) is 5.56 Å². The lowest BCUT2D eigenvalue weighted by Gasteiger charge is -2.13. The van der Waals surface area contributed by atoms with Crippen LogP contribution in [-0.4, -0.2) is 18.6 Å². The van der Waals surface area contributed by atoms with Crippen LogP contribution >= 0.6 is 11.8 Å². The molecule has 0 heterocycles. The molecule has 0 radical (unpaired) electrons. The largest absolute Gasteiger partial charge is 0.416 e. The van der Waals surface area contributed by atoms with E-state index < -0.39 is 17.6 Å². The molecule has 0 saturated carbocycles. The molecule has 0 spiro atoms. The first-order chi connectivity index (χ1) is 8.82. The normalized spacial score (nSPS) is 13.6. The number of hydrogen-bond acceptors (Lipinski definition) is 2. The van der Waals surface area contributed by atoms with Crippen LogP contribution in [0.5, 0.6) is 0 Å². The van der Waals surface area contributed by atoms with Crippen molar-refractivity contribution in [1.29, 1.82) is 0 Å². The van der Waals surface area contributed by atoms with E-state index in [4.69, 9.17) is 0 Å². The van der Waals surface area contributed by atoms with E-state index in [0.29, 0.717) is 24.1 Å². The molecule has 1 aromatic rings. The number of hydrogen-bond donors (Lipinski definition) is 1. The molecule has 1 unspecified atom stereocenters. The Balaban J connectivity index is 2.61. The van der Waals surface area contributed by atoms with Crippen molar-refractivity contribution < 1.29 is 17.6 Å². The summed E-state index contributed by atoms with van der Waals surface area (Å²) in [5.74, 6) is 0.540. The average molecular weight is 295 g/mol. The van der Waals surface area contributed by atoms with Crippen molar-refractivity contribution >= 4 is 11.8 Å². The van der Waals surface area contributed by atoms with Crippen molar-refractivity contribution in [3.8, 4) is 0 Å². The summed E-state index contributed by atoms with van der Waals surface area (Å²) in [5.41, 5.74) is -0.634. The van der Waals surface area contributed by atoms with E-state index in [1.165, 1.54) is 0 Å². The van der Waals surface area contributed by atoms with Gasteiger partial charge in [-0.25, -0.2) is 4.39 Å². The van der Waals surface area contributed by atoms with E-state index in [-0.39, 0.29) is 6.54 Å². The van der Waals surface area contributed by atoms with Crippen LogP contribution in [0, 0.1) is 11.7 Å². The fourth-order valence-electron chi connectivity index (χ4n) is 1.72. The lowest BCUT2D eigenvalue weighted by atomic mass is 10.1. The molecule has 1 atom stereocenters. The lowest BCUT2D eigenvalue weighted by molar-refractivity contribution is -0.137. The molecular formula is C13H17F4NS. The third kappa shape index (κ3) is 5.82. The molecule has 1 rings (SSSR count). The summed E-state index contributed by atoms with van der Waals surface area (Å²) in [4.78, 5) is 0. The predicted octanol–water partition coefficient (Wildman–Crippen LogP) is 3.93. The highest BCUT2D eigenvalue weighted by Crippen LogP contribution is 2.30. The molecule has 0 saturated heterocycles. The standard InChI is InChI=1S/C13H17F4NS/c1-9(8-19-2)6-18-7-10-3-11(13(15,16)17)5-12(14)4-10/h3-5,9,18H,6-8H2,1-2H3. The second-order valence-corrected chi connectivity index (χ2v) is 5.45. The van der Waals surface area contributed by atoms with Crippen LogP contribution < -0.4 is 5.32 Å². The average Bonchev–Trinajstić information content (AvgIpc) is 2.27. The Labute approximate surface area is 114 Å². The van der Waals surface area contributed by atoms with Gasteiger partial charge in [-0.05, 0) is 48.2 Å². The minimum Gasteiger partial charge on any atom is -0.312 e. The van der Waals surface area contributed by atoms with Crippen molar-refractivity contribution in [2.75, 3.05) is 18.6 Å². The van der Waals surface area contributed by atoms with Gasteiger partial charge in [0.25, 0.3) is 0 Å². The molecule has 0 fully saturated rings. The Morgan fingerprint density at radius 1 is 1.26 bits per heavy atom. The maximum absolute atomic E-state index is 13.1. The van der Waals surface area contributed by atoms with Gasteiger partial charge in [-0.3, -0.25) is 0 Å². The predicted molar refractivity (Wildman–Crippen MR) is 70.7 cm³/mol. The van der Waals surface area contributed by atoms with Crippen LogP contribution in [0.1, 0.15) is 18.1 Å². The molecule has 0 bridgehead atoms. The molecule has 0 aliphatic carbocycles. The van der Waals surface area contributed by atoms with Gasteiger partial charge < -0.3 is 5.32 Å². The maximum Gasteiger partial charge on any atom is 0.416 e. The highest BCUT2D eigenvalue weighted by Gasteiger charge is 2.31. The summed E-state index contributed by atoms with van der Waals surface area (Å²) in [6.45, 7) is 2.98. The van der Waals surface area contributed by atoms with Gasteiger partial charge in [0, 0.05) is 6.54 Å². The molecule has 0 amide bonds. The molecule has 1 N–H and O–H groups in total. The first-order valence-electron chi connectivity index (χ1n) is 5.89. The molecule has 19 heavy (non-hydrogen) atoms. The van der Waals surface area contributed by atoms with Crippen molar-refractivity contribution in [3.63, 3.8) is 0 Å². The number of nitrogens with one attached hydrogen (secondary N) is 1. The quantitative estimate of drug-likeness (QED) is 0.798. The minimum atomic E-state index is -4.51. The van der Waals surface area contributed by atoms with Gasteiger partial charge in [-0.2, -0.15) is 24.9 Å². The number of benzene rings is 1. The topological polar surface area (TPSA) is 12.0 Å². The molecule has 108 valence electrons. The highest BCUT2D eigenvalue weighted by molar-refractivity contribution is 7.98. The number of rotatable bonds is 6. The summed E-state index contributed by atoms with van der Waals surface area (Å²) in [7, 11) is 0. The molecule has 0 aliphatic rings. The van der Waals surface area contributed by atoms with Crippen molar-refractivity contribution in [3.05, 3.63) is 35.1 Å². The highest BCUT2D eigenvalue weighted by atomic mass is 32.2. The van der Waals surface area contributed by atoms with Gasteiger partial charge in [-0.1, -0.05) is 6.92 Å². The van der Waals surface area contributed by atoms with Crippen LogP contribution in [0.2, 0.25) is 0 Å². The van der Waals surface area contributed by atoms with Crippen LogP contribution in [0.25, 0.3) is 0 Å². The third-order valence-electron chi connectivity index (χ3n) is 2.56. The smallest absolute Gasteiger partial charge is 0.312 e. The van der Waals surface area contributed by atoms with E-state index in [1.54, 1.807) is 11.8 Å². The molecule has 1 aromatic carbocycles. The van der Waals surface area contributed by atoms with Gasteiger partial charge in [-0.15, -0.1) is 0 Å². The second kappa shape index (κ2) is 7.14. The van der Waals surface area contributed by atoms with Crippen molar-refractivity contribution in [1.82, 2.24) is 5.32 Å². The summed E-state index contributed by atoms with van der Waals surface area (Å²) in [6, 6.07) is 2.62. The van der Waals surface area contributed by atoms with E-state index in [2.05, 4.69) is 12.2 Å². The van der Waals surface area contributed by atoms with Crippen LogP contribution in [0.15, 0.2) is 18.2 Å². The Morgan fingerprint density at radius 2 is 1.95 bits per heavy atom. The first-order valence-corrected chi connectivity index (χ1v) is 7.28. The number of halogens is 4. The SMILES string of the molecule is CSCC(C)CNCc1cc(F)cc(C(F)(F)F)c1. The van der Waals surface area contributed by atoms with Gasteiger partial charge in [0.2, 0.25) is 0 Å². The van der Waals surface area contributed by atoms with E-state index in [0.717, 1.165) is 17.9 Å². The monoisotopic (exact) mass is 295 g/mol. The Bertz CT molecular complexity index is 406. The molecule has 1 nitrogen and oxygen atoms in total. The zero-order chi connectivity index (χ0) is 14.5. The number of alkyl halides is 3. The summed E-state index contributed by atoms with van der Waals surface area (Å²) in [6.07, 6.45) is -2.51. The maximum atomic E-state index is 13.1. The molecular weight excluding hydrogens is 278 g/mol. The Hall–Kier alpha value is -0.750. The lowest BCUT2D eigenvalue weighted by Crippen LogP contribution is -2.22. The molecule has 0 aromatic heterocycles. The fraction of sp³-hybridized carbons (Fsp3) is 0.538. The molecule has 6 heteroatoms. The first kappa shape index (κ1) is 16.3. The summed E-state index contributed by atoms with van der Waals surface area (Å²) < 4.78 is 50.7. The van der Waals surface area contributed by atoms with Crippen LogP contribution in [0.3, 0.4) is 0 Å². The van der Waals surface area contributed by atoms with E-state index in [1.807, 2.05) is 6.26 Å². The summed E-state index contributed by atoms with van der Waals surface area (Å²) >= 11 is 1.72. The van der Waals surface area contributed by atoms with Gasteiger partial charge in [0.1, 0.15) is 5.82 Å². The zero-order valence-electron chi connectivity index (χ0n) is 10.9. The second-order valence-electron chi connectivity index (χ2n) is 4.54. The third-order valence-corrected chi connectivity index (χ3v) is 3.46. The van der Waals surface area contributed by atoms with Crippen LogP contribution in [-0.2, 0) is 12.7 Å². The van der Waals surface area contributed by atoms with Crippen molar-refractivity contribution in [2.45, 2.75) is 19.6 Å².